The number of carbonyl (C=O) groups excluding carboxylic acids is 1. The summed E-state index contributed by atoms with van der Waals surface area (Å²) >= 11 is 0. The average Bonchev–Trinajstić information content (AvgIpc) is 2.51. The minimum absolute atomic E-state index is 0.0212. The summed E-state index contributed by atoms with van der Waals surface area (Å²) in [5.41, 5.74) is 4.20. The lowest BCUT2D eigenvalue weighted by molar-refractivity contribution is -0.117. The third kappa shape index (κ3) is 3.96. The van der Waals surface area contributed by atoms with Crippen molar-refractivity contribution in [2.75, 3.05) is 36.9 Å². The molecule has 0 saturated carbocycles. The summed E-state index contributed by atoms with van der Waals surface area (Å²) in [6.45, 7) is 8.20. The van der Waals surface area contributed by atoms with Crippen LogP contribution in [-0.4, -0.2) is 53.5 Å². The second-order valence-electron chi connectivity index (χ2n) is 6.87. The highest BCUT2D eigenvalue weighted by Gasteiger charge is 2.32. The van der Waals surface area contributed by atoms with Crippen molar-refractivity contribution >= 4 is 17.4 Å². The Balaban J connectivity index is 1.52. The van der Waals surface area contributed by atoms with Gasteiger partial charge in [-0.25, -0.2) is 9.97 Å². The molecule has 1 fully saturated rings. The van der Waals surface area contributed by atoms with Crippen LogP contribution >= 0.6 is 0 Å². The smallest absolute Gasteiger partial charge is 0.238 e. The molecule has 2 heterocycles. The lowest BCUT2D eigenvalue weighted by Crippen LogP contribution is -2.60. The van der Waals surface area contributed by atoms with E-state index in [0.29, 0.717) is 12.6 Å². The molecule has 6 nitrogen and oxygen atoms in total. The Morgan fingerprint density at radius 3 is 2.76 bits per heavy atom. The second-order valence-corrected chi connectivity index (χ2v) is 6.87. The van der Waals surface area contributed by atoms with Gasteiger partial charge in [-0.15, -0.1) is 0 Å². The van der Waals surface area contributed by atoms with E-state index in [2.05, 4.69) is 31.2 Å². The maximum Gasteiger partial charge on any atom is 0.238 e. The van der Waals surface area contributed by atoms with Crippen LogP contribution in [0.4, 0.5) is 11.5 Å². The highest BCUT2D eigenvalue weighted by atomic mass is 16.2. The Labute approximate surface area is 148 Å². The van der Waals surface area contributed by atoms with Crippen molar-refractivity contribution in [3.05, 3.63) is 47.4 Å². The fraction of sp³-hybridized carbons (Fsp3) is 0.421. The number of likely N-dealkylation sites (N-methyl/N-ethyl adjacent to an activating group) is 1. The van der Waals surface area contributed by atoms with Crippen molar-refractivity contribution in [3.63, 3.8) is 0 Å². The van der Waals surface area contributed by atoms with Crippen LogP contribution in [0.15, 0.2) is 30.7 Å². The Morgan fingerprint density at radius 2 is 2.04 bits per heavy atom. The van der Waals surface area contributed by atoms with Crippen LogP contribution in [0.25, 0.3) is 0 Å². The Morgan fingerprint density at radius 1 is 1.28 bits per heavy atom. The molecule has 25 heavy (non-hydrogen) atoms. The predicted molar refractivity (Wildman–Crippen MR) is 99.9 cm³/mol. The van der Waals surface area contributed by atoms with Crippen molar-refractivity contribution in [1.82, 2.24) is 14.9 Å². The van der Waals surface area contributed by atoms with Gasteiger partial charge >= 0.3 is 0 Å². The van der Waals surface area contributed by atoms with Crippen LogP contribution in [0.2, 0.25) is 0 Å². The molecule has 0 radical (unpaired) electrons. The van der Waals surface area contributed by atoms with Gasteiger partial charge < -0.3 is 10.2 Å². The number of hydrogen-bond donors (Lipinski definition) is 1. The normalized spacial score (nSPS) is 14.5. The maximum atomic E-state index is 12.3. The lowest BCUT2D eigenvalue weighted by Gasteiger charge is -2.44. The number of amides is 1. The van der Waals surface area contributed by atoms with E-state index in [9.17, 15) is 4.79 Å². The van der Waals surface area contributed by atoms with E-state index in [-0.39, 0.29) is 5.91 Å². The molecule has 0 atom stereocenters. The van der Waals surface area contributed by atoms with Crippen LogP contribution in [0.1, 0.15) is 16.7 Å². The minimum Gasteiger partial charge on any atom is -0.353 e. The van der Waals surface area contributed by atoms with E-state index >= 15 is 0 Å². The average molecular weight is 339 g/mol. The van der Waals surface area contributed by atoms with Crippen molar-refractivity contribution < 1.29 is 4.79 Å². The van der Waals surface area contributed by atoms with Gasteiger partial charge in [0.05, 0.1) is 6.54 Å². The van der Waals surface area contributed by atoms with E-state index in [1.54, 1.807) is 6.33 Å². The molecule has 132 valence electrons. The Kier molecular flexibility index (Phi) is 4.99. The molecule has 1 amide bonds. The zero-order valence-corrected chi connectivity index (χ0v) is 15.3. The summed E-state index contributed by atoms with van der Waals surface area (Å²) in [5.74, 6) is 1.01. The van der Waals surface area contributed by atoms with E-state index in [1.165, 1.54) is 0 Å². The summed E-state index contributed by atoms with van der Waals surface area (Å²) in [6.07, 6.45) is 3.41. The topological polar surface area (TPSA) is 61.4 Å². The van der Waals surface area contributed by atoms with Gasteiger partial charge in [0.2, 0.25) is 5.91 Å². The van der Waals surface area contributed by atoms with Gasteiger partial charge in [-0.05, 0) is 45.0 Å². The molecule has 1 aliphatic heterocycles. The number of hydrogen-bond acceptors (Lipinski definition) is 5. The number of anilines is 2. The van der Waals surface area contributed by atoms with Gasteiger partial charge in [0.25, 0.3) is 0 Å². The summed E-state index contributed by atoms with van der Waals surface area (Å²) in [4.78, 5) is 25.1. The molecule has 1 aliphatic rings. The lowest BCUT2D eigenvalue weighted by atomic mass is 10.1. The van der Waals surface area contributed by atoms with Gasteiger partial charge in [0.1, 0.15) is 12.1 Å². The third-order valence-corrected chi connectivity index (χ3v) is 4.71. The molecule has 0 spiro atoms. The molecular formula is C19H25N5O. The number of benzene rings is 1. The molecule has 3 rings (SSSR count). The fourth-order valence-electron chi connectivity index (χ4n) is 3.05. The minimum atomic E-state index is 0.0212. The number of aromatic nitrogens is 2. The van der Waals surface area contributed by atoms with E-state index < -0.39 is 0 Å². The van der Waals surface area contributed by atoms with Crippen LogP contribution in [0, 0.1) is 20.8 Å². The first-order valence-electron chi connectivity index (χ1n) is 8.53. The van der Waals surface area contributed by atoms with Gasteiger partial charge in [0, 0.05) is 36.6 Å². The van der Waals surface area contributed by atoms with E-state index in [1.807, 2.05) is 46.1 Å². The zero-order chi connectivity index (χ0) is 18.0. The number of nitrogens with zero attached hydrogens (tertiary/aromatic N) is 4. The molecule has 1 aromatic carbocycles. The molecule has 1 saturated heterocycles. The predicted octanol–water partition coefficient (Wildman–Crippen LogP) is 2.16. The molecule has 6 heteroatoms. The fourth-order valence-corrected chi connectivity index (χ4v) is 3.05. The number of aryl methyl sites for hydroxylation is 3. The van der Waals surface area contributed by atoms with Gasteiger partial charge in [0.15, 0.2) is 0 Å². The first-order valence-corrected chi connectivity index (χ1v) is 8.53. The van der Waals surface area contributed by atoms with Crippen molar-refractivity contribution in [2.24, 2.45) is 0 Å². The molecule has 1 N–H and O–H groups in total. The first kappa shape index (κ1) is 17.4. The highest BCUT2D eigenvalue weighted by Crippen LogP contribution is 2.23. The molecule has 0 bridgehead atoms. The Bertz CT molecular complexity index is 770. The molecule has 2 aromatic rings. The zero-order valence-electron chi connectivity index (χ0n) is 15.3. The quantitative estimate of drug-likeness (QED) is 0.904. The van der Waals surface area contributed by atoms with Crippen LogP contribution < -0.4 is 10.2 Å². The van der Waals surface area contributed by atoms with Crippen LogP contribution in [0.3, 0.4) is 0 Å². The molecule has 1 aromatic heterocycles. The van der Waals surface area contributed by atoms with Crippen molar-refractivity contribution in [2.45, 2.75) is 26.8 Å². The monoisotopic (exact) mass is 339 g/mol. The van der Waals surface area contributed by atoms with Gasteiger partial charge in [-0.2, -0.15) is 0 Å². The second kappa shape index (κ2) is 7.19. The van der Waals surface area contributed by atoms with Crippen LogP contribution in [-0.2, 0) is 4.79 Å². The third-order valence-electron chi connectivity index (χ3n) is 4.71. The molecule has 0 aliphatic carbocycles. The van der Waals surface area contributed by atoms with E-state index in [4.69, 9.17) is 0 Å². The van der Waals surface area contributed by atoms with Gasteiger partial charge in [-0.3, -0.25) is 9.69 Å². The maximum absolute atomic E-state index is 12.3. The summed E-state index contributed by atoms with van der Waals surface area (Å²) < 4.78 is 0. The number of carbonyl (C=O) groups is 1. The van der Waals surface area contributed by atoms with Crippen molar-refractivity contribution in [1.29, 1.82) is 0 Å². The Hall–Kier alpha value is -2.47. The molecule has 0 unspecified atom stereocenters. The first-order chi connectivity index (χ1) is 11.9. The van der Waals surface area contributed by atoms with Crippen molar-refractivity contribution in [3.8, 4) is 0 Å². The number of nitrogens with one attached hydrogen (secondary N) is 1. The summed E-state index contributed by atoms with van der Waals surface area (Å²) in [7, 11) is 2.00. The SMILES string of the molecule is Cc1ccc(C)c(NC(=O)CN(C)C2CN(c3ncncc3C)C2)c1. The largest absolute Gasteiger partial charge is 0.353 e. The van der Waals surface area contributed by atoms with Crippen LogP contribution in [0.5, 0.6) is 0 Å². The molecular weight excluding hydrogens is 314 g/mol. The van der Waals surface area contributed by atoms with Gasteiger partial charge in [-0.1, -0.05) is 12.1 Å². The van der Waals surface area contributed by atoms with E-state index in [0.717, 1.165) is 41.3 Å². The number of rotatable bonds is 5. The summed E-state index contributed by atoms with van der Waals surface area (Å²) in [6, 6.07) is 6.45. The summed E-state index contributed by atoms with van der Waals surface area (Å²) in [5, 5.41) is 3.02. The standard InChI is InChI=1S/C19H25N5O/c1-13-5-6-14(2)17(7-13)22-18(25)11-23(4)16-9-24(10-16)19-15(3)8-20-12-21-19/h5-8,12,16H,9-11H2,1-4H3,(H,22,25). The highest BCUT2D eigenvalue weighted by molar-refractivity contribution is 5.93.